The van der Waals surface area contributed by atoms with Crippen LogP contribution in [0.2, 0.25) is 0 Å². The van der Waals surface area contributed by atoms with E-state index >= 15 is 0 Å². The first-order chi connectivity index (χ1) is 9.28. The highest BCUT2D eigenvalue weighted by atomic mass is 127. The van der Waals surface area contributed by atoms with Crippen molar-refractivity contribution in [3.05, 3.63) is 45.9 Å². The van der Waals surface area contributed by atoms with Gasteiger partial charge >= 0.3 is 0 Å². The minimum Gasteiger partial charge on any atom is -0.437 e. The van der Waals surface area contributed by atoms with Crippen LogP contribution in [0.15, 0.2) is 36.7 Å². The van der Waals surface area contributed by atoms with Gasteiger partial charge in [-0.05, 0) is 53.8 Å². The molecule has 1 heterocycles. The van der Waals surface area contributed by atoms with Crippen molar-refractivity contribution in [2.45, 2.75) is 19.9 Å². The molecule has 0 saturated carbocycles. The normalized spacial score (nSPS) is 10.4. The Bertz CT molecular complexity index is 516. The maximum absolute atomic E-state index is 5.64. The molecule has 4 nitrogen and oxygen atoms in total. The largest absolute Gasteiger partial charge is 0.437 e. The highest BCUT2D eigenvalue weighted by Gasteiger charge is 2.01. The summed E-state index contributed by atoms with van der Waals surface area (Å²) in [6.07, 6.45) is 4.51. The summed E-state index contributed by atoms with van der Waals surface area (Å²) >= 11 is 2.25. The van der Waals surface area contributed by atoms with Crippen molar-refractivity contribution in [2.24, 2.45) is 0 Å². The minimum atomic E-state index is 0.515. The molecule has 0 amide bonds. The van der Waals surface area contributed by atoms with Crippen LogP contribution in [0.1, 0.15) is 19.0 Å². The highest BCUT2D eigenvalue weighted by Crippen LogP contribution is 2.20. The van der Waals surface area contributed by atoms with Gasteiger partial charge in [-0.25, -0.2) is 4.98 Å². The molecule has 0 fully saturated rings. The van der Waals surface area contributed by atoms with E-state index in [0.717, 1.165) is 34.5 Å². The van der Waals surface area contributed by atoms with Crippen molar-refractivity contribution in [3.8, 4) is 11.6 Å². The van der Waals surface area contributed by atoms with Crippen LogP contribution in [0, 0.1) is 3.57 Å². The number of aromatic nitrogens is 2. The van der Waals surface area contributed by atoms with Gasteiger partial charge in [0, 0.05) is 10.1 Å². The van der Waals surface area contributed by atoms with Gasteiger partial charge in [0.25, 0.3) is 0 Å². The summed E-state index contributed by atoms with van der Waals surface area (Å²) in [5.74, 6) is 1.29. The van der Waals surface area contributed by atoms with Gasteiger partial charge in [0.2, 0.25) is 5.88 Å². The van der Waals surface area contributed by atoms with E-state index in [1.807, 2.05) is 24.3 Å². The van der Waals surface area contributed by atoms with E-state index in [1.165, 1.54) is 0 Å². The Kier molecular flexibility index (Phi) is 5.53. The topological polar surface area (TPSA) is 47.0 Å². The fourth-order valence-corrected chi connectivity index (χ4v) is 2.05. The molecule has 100 valence electrons. The number of ether oxygens (including phenoxy) is 1. The van der Waals surface area contributed by atoms with E-state index in [0.29, 0.717) is 5.88 Å². The third-order valence-electron chi connectivity index (χ3n) is 2.43. The molecule has 0 spiro atoms. The predicted molar refractivity (Wildman–Crippen MR) is 83.3 cm³/mol. The third kappa shape index (κ3) is 4.76. The molecular weight excluding hydrogens is 353 g/mol. The van der Waals surface area contributed by atoms with Gasteiger partial charge in [-0.3, -0.25) is 4.98 Å². The maximum Gasteiger partial charge on any atom is 0.237 e. The Morgan fingerprint density at radius 3 is 2.84 bits per heavy atom. The average Bonchev–Trinajstić information content (AvgIpc) is 2.41. The molecule has 19 heavy (non-hydrogen) atoms. The lowest BCUT2D eigenvalue weighted by atomic mass is 10.3. The first-order valence-electron chi connectivity index (χ1n) is 6.23. The molecule has 0 unspecified atom stereocenters. The van der Waals surface area contributed by atoms with E-state index in [4.69, 9.17) is 4.74 Å². The zero-order chi connectivity index (χ0) is 13.5. The van der Waals surface area contributed by atoms with Gasteiger partial charge in [0.05, 0.1) is 18.1 Å². The number of hydrogen-bond acceptors (Lipinski definition) is 4. The van der Waals surface area contributed by atoms with E-state index in [-0.39, 0.29) is 0 Å². The van der Waals surface area contributed by atoms with Gasteiger partial charge in [0.15, 0.2) is 0 Å². The van der Waals surface area contributed by atoms with Crippen LogP contribution < -0.4 is 10.1 Å². The number of halogens is 1. The van der Waals surface area contributed by atoms with Gasteiger partial charge in [-0.15, -0.1) is 0 Å². The quantitative estimate of drug-likeness (QED) is 0.627. The number of hydrogen-bond donors (Lipinski definition) is 1. The molecule has 1 aromatic heterocycles. The summed E-state index contributed by atoms with van der Waals surface area (Å²) in [6, 6.07) is 7.83. The zero-order valence-corrected chi connectivity index (χ0v) is 12.9. The Hall–Kier alpha value is -1.21. The second-order valence-electron chi connectivity index (χ2n) is 4.08. The first-order valence-corrected chi connectivity index (χ1v) is 7.31. The average molecular weight is 369 g/mol. The molecule has 0 aliphatic rings. The smallest absolute Gasteiger partial charge is 0.237 e. The molecule has 1 N–H and O–H groups in total. The van der Waals surface area contributed by atoms with E-state index in [1.54, 1.807) is 12.4 Å². The van der Waals surface area contributed by atoms with E-state index in [2.05, 4.69) is 44.8 Å². The summed E-state index contributed by atoms with van der Waals surface area (Å²) in [5.41, 5.74) is 0.920. The van der Waals surface area contributed by atoms with Crippen LogP contribution >= 0.6 is 22.6 Å². The second kappa shape index (κ2) is 7.40. The van der Waals surface area contributed by atoms with Crippen molar-refractivity contribution < 1.29 is 4.74 Å². The van der Waals surface area contributed by atoms with Crippen LogP contribution in [-0.2, 0) is 6.54 Å². The lowest BCUT2D eigenvalue weighted by Gasteiger charge is -2.06. The molecule has 2 rings (SSSR count). The third-order valence-corrected chi connectivity index (χ3v) is 3.10. The Labute approximate surface area is 126 Å². The van der Waals surface area contributed by atoms with Gasteiger partial charge in [0.1, 0.15) is 5.75 Å². The molecule has 0 bridgehead atoms. The molecule has 0 aliphatic carbocycles. The Morgan fingerprint density at radius 1 is 1.26 bits per heavy atom. The number of nitrogens with zero attached hydrogens (tertiary/aromatic N) is 2. The highest BCUT2D eigenvalue weighted by molar-refractivity contribution is 14.1. The summed E-state index contributed by atoms with van der Waals surface area (Å²) in [7, 11) is 0. The Morgan fingerprint density at radius 2 is 2.16 bits per heavy atom. The molecule has 5 heteroatoms. The van der Waals surface area contributed by atoms with Crippen molar-refractivity contribution >= 4 is 22.6 Å². The summed E-state index contributed by atoms with van der Waals surface area (Å²) in [4.78, 5) is 8.57. The van der Waals surface area contributed by atoms with Crippen LogP contribution in [-0.4, -0.2) is 16.5 Å². The van der Waals surface area contributed by atoms with E-state index in [9.17, 15) is 0 Å². The SMILES string of the molecule is CCCNCc1cnc(Oc2cccc(I)c2)cn1. The van der Waals surface area contributed by atoms with Crippen molar-refractivity contribution in [1.82, 2.24) is 15.3 Å². The van der Waals surface area contributed by atoms with Gasteiger partial charge < -0.3 is 10.1 Å². The fourth-order valence-electron chi connectivity index (χ4n) is 1.53. The number of rotatable bonds is 6. The van der Waals surface area contributed by atoms with Crippen LogP contribution in [0.4, 0.5) is 0 Å². The number of nitrogens with one attached hydrogen (secondary N) is 1. The van der Waals surface area contributed by atoms with Crippen LogP contribution in [0.5, 0.6) is 11.6 Å². The molecule has 0 radical (unpaired) electrons. The van der Waals surface area contributed by atoms with E-state index < -0.39 is 0 Å². The predicted octanol–water partition coefficient (Wildman–Crippen LogP) is 3.37. The van der Waals surface area contributed by atoms with Crippen molar-refractivity contribution in [3.63, 3.8) is 0 Å². The second-order valence-corrected chi connectivity index (χ2v) is 5.33. The van der Waals surface area contributed by atoms with Crippen LogP contribution in [0.25, 0.3) is 0 Å². The molecule has 0 atom stereocenters. The monoisotopic (exact) mass is 369 g/mol. The maximum atomic E-state index is 5.64. The zero-order valence-electron chi connectivity index (χ0n) is 10.8. The molecule has 0 saturated heterocycles. The lowest BCUT2D eigenvalue weighted by molar-refractivity contribution is 0.458. The first kappa shape index (κ1) is 14.2. The fraction of sp³-hybridized carbons (Fsp3) is 0.286. The summed E-state index contributed by atoms with van der Waals surface area (Å²) in [6.45, 7) is 3.86. The minimum absolute atomic E-state index is 0.515. The summed E-state index contributed by atoms with van der Waals surface area (Å²) in [5, 5.41) is 3.28. The molecular formula is C14H16IN3O. The lowest BCUT2D eigenvalue weighted by Crippen LogP contribution is -2.14. The van der Waals surface area contributed by atoms with Gasteiger partial charge in [-0.2, -0.15) is 0 Å². The number of benzene rings is 1. The molecule has 2 aromatic rings. The van der Waals surface area contributed by atoms with Gasteiger partial charge in [-0.1, -0.05) is 13.0 Å². The standard InChI is InChI=1S/C14H16IN3O/c1-2-6-16-8-12-9-18-14(10-17-12)19-13-5-3-4-11(15)7-13/h3-5,7,9-10,16H,2,6,8H2,1H3. The molecule has 0 aliphatic heterocycles. The Balaban J connectivity index is 1.95. The van der Waals surface area contributed by atoms with Crippen LogP contribution in [0.3, 0.4) is 0 Å². The molecule has 1 aromatic carbocycles. The summed E-state index contributed by atoms with van der Waals surface area (Å²) < 4.78 is 6.77. The van der Waals surface area contributed by atoms with Crippen molar-refractivity contribution in [2.75, 3.05) is 6.54 Å². The van der Waals surface area contributed by atoms with Crippen molar-refractivity contribution in [1.29, 1.82) is 0 Å².